The van der Waals surface area contributed by atoms with Gasteiger partial charge in [0.1, 0.15) is 0 Å². The van der Waals surface area contributed by atoms with Crippen LogP contribution in [0.5, 0.6) is 0 Å². The van der Waals surface area contributed by atoms with E-state index in [1.807, 2.05) is 0 Å². The van der Waals surface area contributed by atoms with Gasteiger partial charge in [0.15, 0.2) is 0 Å². The highest BCUT2D eigenvalue weighted by atomic mass is 32.1. The molecule has 0 aliphatic carbocycles. The highest BCUT2D eigenvalue weighted by Gasteiger charge is 2.18. The van der Waals surface area contributed by atoms with Crippen molar-refractivity contribution in [1.82, 2.24) is 10.2 Å². The van der Waals surface area contributed by atoms with Crippen LogP contribution in [0, 0.1) is 16.0 Å². The number of piperidine rings is 1. The Hall–Kier alpha value is -1.02. The molecule has 21 heavy (non-hydrogen) atoms. The standard InChI is InChI=1S/C14H23N3O3S/c1-11-2-4-16(5-3-11)9-13(18)8-15-7-12-6-14(17(19)20)21-10-12/h6,10-11,13,15,18H,2-5,7-9H2,1H3. The molecule has 0 aromatic carbocycles. The second-order valence-corrected chi connectivity index (χ2v) is 6.71. The summed E-state index contributed by atoms with van der Waals surface area (Å²) >= 11 is 1.14. The highest BCUT2D eigenvalue weighted by Crippen LogP contribution is 2.22. The van der Waals surface area contributed by atoms with Gasteiger partial charge in [0.25, 0.3) is 0 Å². The Kier molecular flexibility index (Phi) is 6.10. The number of hydrogen-bond donors (Lipinski definition) is 2. The fourth-order valence-electron chi connectivity index (χ4n) is 2.54. The third kappa shape index (κ3) is 5.35. The Labute approximate surface area is 128 Å². The maximum absolute atomic E-state index is 10.6. The van der Waals surface area contributed by atoms with Gasteiger partial charge in [-0.15, -0.1) is 0 Å². The van der Waals surface area contributed by atoms with Crippen molar-refractivity contribution in [1.29, 1.82) is 0 Å². The predicted octanol–water partition coefficient (Wildman–Crippen LogP) is 1.84. The predicted molar refractivity (Wildman–Crippen MR) is 83.5 cm³/mol. The van der Waals surface area contributed by atoms with Gasteiger partial charge in [0.05, 0.1) is 11.0 Å². The molecule has 2 rings (SSSR count). The molecule has 1 fully saturated rings. The summed E-state index contributed by atoms with van der Waals surface area (Å²) in [5, 5.41) is 25.7. The lowest BCUT2D eigenvalue weighted by molar-refractivity contribution is -0.380. The summed E-state index contributed by atoms with van der Waals surface area (Å²) in [4.78, 5) is 12.5. The molecule has 1 aliphatic heterocycles. The van der Waals surface area contributed by atoms with Gasteiger partial charge in [-0.2, -0.15) is 0 Å². The van der Waals surface area contributed by atoms with Crippen LogP contribution in [0.3, 0.4) is 0 Å². The molecule has 1 atom stereocenters. The molecular formula is C14H23N3O3S. The molecule has 1 aromatic rings. The van der Waals surface area contributed by atoms with E-state index in [0.29, 0.717) is 19.6 Å². The summed E-state index contributed by atoms with van der Waals surface area (Å²) in [6.45, 7) is 6.16. The lowest BCUT2D eigenvalue weighted by atomic mass is 9.99. The number of rotatable bonds is 7. The van der Waals surface area contributed by atoms with Gasteiger partial charge < -0.3 is 15.3 Å². The molecule has 7 heteroatoms. The van der Waals surface area contributed by atoms with E-state index in [9.17, 15) is 15.2 Å². The van der Waals surface area contributed by atoms with Gasteiger partial charge in [-0.05, 0) is 37.4 Å². The molecule has 118 valence electrons. The van der Waals surface area contributed by atoms with Crippen LogP contribution in [0.15, 0.2) is 11.4 Å². The van der Waals surface area contributed by atoms with E-state index < -0.39 is 6.10 Å². The fraction of sp³-hybridized carbons (Fsp3) is 0.714. The van der Waals surface area contributed by atoms with Crippen molar-refractivity contribution in [2.45, 2.75) is 32.4 Å². The molecule has 1 aliphatic rings. The van der Waals surface area contributed by atoms with E-state index in [4.69, 9.17) is 0 Å². The Morgan fingerprint density at radius 2 is 2.29 bits per heavy atom. The van der Waals surface area contributed by atoms with Crippen LogP contribution < -0.4 is 5.32 Å². The third-order valence-electron chi connectivity index (χ3n) is 3.87. The van der Waals surface area contributed by atoms with E-state index in [0.717, 1.165) is 35.9 Å². The lowest BCUT2D eigenvalue weighted by Gasteiger charge is -2.31. The van der Waals surface area contributed by atoms with Gasteiger partial charge in [-0.3, -0.25) is 10.1 Å². The van der Waals surface area contributed by atoms with Gasteiger partial charge >= 0.3 is 5.00 Å². The molecule has 2 N–H and O–H groups in total. The summed E-state index contributed by atoms with van der Waals surface area (Å²) in [6, 6.07) is 1.58. The number of hydrogen-bond acceptors (Lipinski definition) is 6. The monoisotopic (exact) mass is 313 g/mol. The summed E-state index contributed by atoms with van der Waals surface area (Å²) in [5.41, 5.74) is 0.894. The quantitative estimate of drug-likeness (QED) is 0.593. The molecule has 0 amide bonds. The van der Waals surface area contributed by atoms with Crippen molar-refractivity contribution < 1.29 is 10.0 Å². The zero-order valence-corrected chi connectivity index (χ0v) is 13.1. The first-order valence-electron chi connectivity index (χ1n) is 7.37. The lowest BCUT2D eigenvalue weighted by Crippen LogP contribution is -2.41. The SMILES string of the molecule is CC1CCN(CC(O)CNCc2csc([N+](=O)[O-])c2)CC1. The van der Waals surface area contributed by atoms with E-state index in [2.05, 4.69) is 17.1 Å². The third-order valence-corrected chi connectivity index (χ3v) is 4.80. The van der Waals surface area contributed by atoms with Crippen LogP contribution in [0.1, 0.15) is 25.3 Å². The Morgan fingerprint density at radius 3 is 2.90 bits per heavy atom. The van der Waals surface area contributed by atoms with Crippen LogP contribution in [0.4, 0.5) is 5.00 Å². The average Bonchev–Trinajstić information content (AvgIpc) is 2.90. The molecule has 0 spiro atoms. The zero-order valence-electron chi connectivity index (χ0n) is 12.3. The zero-order chi connectivity index (χ0) is 15.2. The van der Waals surface area contributed by atoms with E-state index in [1.54, 1.807) is 11.4 Å². The first-order valence-corrected chi connectivity index (χ1v) is 8.25. The van der Waals surface area contributed by atoms with E-state index in [1.165, 1.54) is 12.8 Å². The van der Waals surface area contributed by atoms with Gasteiger partial charge in [-0.1, -0.05) is 18.3 Å². The number of likely N-dealkylation sites (tertiary alicyclic amines) is 1. The van der Waals surface area contributed by atoms with Crippen molar-refractivity contribution in [2.24, 2.45) is 5.92 Å². The molecule has 2 heterocycles. The second-order valence-electron chi connectivity index (χ2n) is 5.82. The van der Waals surface area contributed by atoms with Gasteiger partial charge in [-0.25, -0.2) is 0 Å². The highest BCUT2D eigenvalue weighted by molar-refractivity contribution is 7.13. The van der Waals surface area contributed by atoms with Crippen LogP contribution >= 0.6 is 11.3 Å². The molecule has 1 saturated heterocycles. The van der Waals surface area contributed by atoms with E-state index in [-0.39, 0.29) is 9.92 Å². The van der Waals surface area contributed by atoms with Crippen LogP contribution in [-0.2, 0) is 6.54 Å². The molecule has 0 bridgehead atoms. The van der Waals surface area contributed by atoms with Crippen molar-refractivity contribution in [3.63, 3.8) is 0 Å². The Morgan fingerprint density at radius 1 is 1.57 bits per heavy atom. The first kappa shape index (κ1) is 16.4. The average molecular weight is 313 g/mol. The molecule has 0 radical (unpaired) electrons. The van der Waals surface area contributed by atoms with Crippen molar-refractivity contribution in [2.75, 3.05) is 26.2 Å². The number of aliphatic hydroxyl groups excluding tert-OH is 1. The number of nitrogens with zero attached hydrogens (tertiary/aromatic N) is 2. The summed E-state index contributed by atoms with van der Waals surface area (Å²) < 4.78 is 0. The second kappa shape index (κ2) is 7.84. The van der Waals surface area contributed by atoms with E-state index >= 15 is 0 Å². The normalized spacial score (nSPS) is 18.8. The largest absolute Gasteiger partial charge is 0.390 e. The van der Waals surface area contributed by atoms with Crippen LogP contribution in [0.2, 0.25) is 0 Å². The van der Waals surface area contributed by atoms with Crippen molar-refractivity contribution in [3.8, 4) is 0 Å². The molecule has 6 nitrogen and oxygen atoms in total. The maximum Gasteiger partial charge on any atom is 0.324 e. The summed E-state index contributed by atoms with van der Waals surface area (Å²) in [7, 11) is 0. The number of β-amino-alcohol motifs (C(OH)–C–C–N with tert-alkyl or cyclic N) is 1. The smallest absolute Gasteiger partial charge is 0.324 e. The minimum absolute atomic E-state index is 0.162. The van der Waals surface area contributed by atoms with Crippen molar-refractivity contribution in [3.05, 3.63) is 27.1 Å². The topological polar surface area (TPSA) is 78.6 Å². The molecule has 1 unspecified atom stereocenters. The van der Waals surface area contributed by atoms with Crippen LogP contribution in [-0.4, -0.2) is 47.2 Å². The number of nitro groups is 1. The summed E-state index contributed by atoms with van der Waals surface area (Å²) in [5.74, 6) is 0.797. The van der Waals surface area contributed by atoms with Gasteiger partial charge in [0, 0.05) is 31.1 Å². The fourth-order valence-corrected chi connectivity index (χ4v) is 3.27. The summed E-state index contributed by atoms with van der Waals surface area (Å²) in [6.07, 6.45) is 2.02. The van der Waals surface area contributed by atoms with Crippen LogP contribution in [0.25, 0.3) is 0 Å². The number of nitrogens with one attached hydrogen (secondary N) is 1. The van der Waals surface area contributed by atoms with Gasteiger partial charge in [0.2, 0.25) is 0 Å². The minimum Gasteiger partial charge on any atom is -0.390 e. The minimum atomic E-state index is -0.396. The number of thiophene rings is 1. The maximum atomic E-state index is 10.6. The molecule has 0 saturated carbocycles. The molecular weight excluding hydrogens is 290 g/mol. The Bertz CT molecular complexity index is 458. The Balaban J connectivity index is 1.64. The first-order chi connectivity index (χ1) is 10.0. The van der Waals surface area contributed by atoms with Crippen molar-refractivity contribution >= 4 is 16.3 Å². The number of aliphatic hydroxyl groups is 1. The molecule has 1 aromatic heterocycles.